The van der Waals surface area contributed by atoms with E-state index in [9.17, 15) is 31.1 Å². The van der Waals surface area contributed by atoms with Gasteiger partial charge in [0, 0.05) is 11.8 Å². The van der Waals surface area contributed by atoms with Gasteiger partial charge < -0.3 is 0 Å². The zero-order valence-corrected chi connectivity index (χ0v) is 17.5. The van der Waals surface area contributed by atoms with Crippen molar-refractivity contribution in [2.24, 2.45) is 5.84 Å². The van der Waals surface area contributed by atoms with Gasteiger partial charge >= 0.3 is 12.4 Å². The van der Waals surface area contributed by atoms with E-state index in [1.54, 1.807) is 0 Å². The topological polar surface area (TPSA) is 114 Å². The Kier molecular flexibility index (Phi) is 6.34. The number of amides is 1. The standard InChI is InChI=1S/C20H15F6N7O/c1-10(17-30-11(2)31-33(17)16-4-3-12(8-27)9-29-16)32(28)18(34)13-5-14(19(21,22)23)7-15(6-13)20(24,25)26/h3-7,9-10H,28H2,1-2H3. The summed E-state index contributed by atoms with van der Waals surface area (Å²) in [4.78, 5) is 21.0. The number of hydrogen-bond acceptors (Lipinski definition) is 6. The van der Waals surface area contributed by atoms with Crippen LogP contribution in [-0.4, -0.2) is 30.7 Å². The molecule has 1 aromatic carbocycles. The molecule has 0 bridgehead atoms. The first kappa shape index (κ1) is 24.6. The average molecular weight is 483 g/mol. The van der Waals surface area contributed by atoms with Crippen molar-refractivity contribution in [1.29, 1.82) is 5.26 Å². The van der Waals surface area contributed by atoms with Crippen LogP contribution in [0.5, 0.6) is 0 Å². The van der Waals surface area contributed by atoms with Crippen molar-refractivity contribution < 1.29 is 31.1 Å². The van der Waals surface area contributed by atoms with E-state index in [2.05, 4.69) is 15.1 Å². The number of hydrazine groups is 1. The van der Waals surface area contributed by atoms with Gasteiger partial charge in [0.25, 0.3) is 5.91 Å². The smallest absolute Gasteiger partial charge is 0.268 e. The summed E-state index contributed by atoms with van der Waals surface area (Å²) in [5.74, 6) is 4.98. The number of alkyl halides is 6. The van der Waals surface area contributed by atoms with Crippen molar-refractivity contribution in [3.8, 4) is 11.9 Å². The van der Waals surface area contributed by atoms with Crippen LogP contribution in [0.15, 0.2) is 36.5 Å². The Morgan fingerprint density at radius 2 is 1.71 bits per heavy atom. The van der Waals surface area contributed by atoms with E-state index in [0.29, 0.717) is 17.1 Å². The molecule has 8 nitrogen and oxygen atoms in total. The van der Waals surface area contributed by atoms with Gasteiger partial charge in [0.15, 0.2) is 11.6 Å². The van der Waals surface area contributed by atoms with Crippen molar-refractivity contribution in [3.05, 3.63) is 70.4 Å². The molecule has 0 spiro atoms. The zero-order chi connectivity index (χ0) is 25.4. The Hall–Kier alpha value is -3.99. The minimum absolute atomic E-state index is 0.0357. The lowest BCUT2D eigenvalue weighted by molar-refractivity contribution is -0.143. The molecule has 2 N–H and O–H groups in total. The summed E-state index contributed by atoms with van der Waals surface area (Å²) in [7, 11) is 0. The summed E-state index contributed by atoms with van der Waals surface area (Å²) in [6, 6.07) is 4.13. The van der Waals surface area contributed by atoms with Crippen LogP contribution in [0.1, 0.15) is 51.7 Å². The molecule has 1 unspecified atom stereocenters. The summed E-state index contributed by atoms with van der Waals surface area (Å²) in [5.41, 5.74) is -3.94. The van der Waals surface area contributed by atoms with Crippen molar-refractivity contribution in [3.63, 3.8) is 0 Å². The third-order valence-corrected chi connectivity index (χ3v) is 4.69. The highest BCUT2D eigenvalue weighted by atomic mass is 19.4. The van der Waals surface area contributed by atoms with Crippen LogP contribution < -0.4 is 5.84 Å². The quantitative estimate of drug-likeness (QED) is 0.260. The monoisotopic (exact) mass is 483 g/mol. The fourth-order valence-corrected chi connectivity index (χ4v) is 2.98. The molecule has 0 radical (unpaired) electrons. The minimum atomic E-state index is -5.13. The number of nitriles is 1. The minimum Gasteiger partial charge on any atom is -0.268 e. The molecule has 0 saturated heterocycles. The Labute approximate surface area is 188 Å². The maximum Gasteiger partial charge on any atom is 0.416 e. The van der Waals surface area contributed by atoms with Crippen LogP contribution in [0.4, 0.5) is 26.3 Å². The van der Waals surface area contributed by atoms with Gasteiger partial charge in [-0.05, 0) is 44.2 Å². The Bertz CT molecular complexity index is 1230. The molecule has 3 rings (SSSR count). The second-order valence-electron chi connectivity index (χ2n) is 7.13. The van der Waals surface area contributed by atoms with Gasteiger partial charge in [-0.15, -0.1) is 5.10 Å². The van der Waals surface area contributed by atoms with Crippen LogP contribution in [0.3, 0.4) is 0 Å². The second kappa shape index (κ2) is 8.75. The van der Waals surface area contributed by atoms with E-state index in [-0.39, 0.29) is 29.1 Å². The van der Waals surface area contributed by atoms with Gasteiger partial charge in [0.2, 0.25) is 0 Å². The van der Waals surface area contributed by atoms with Gasteiger partial charge in [-0.3, -0.25) is 9.80 Å². The van der Waals surface area contributed by atoms with E-state index in [1.807, 2.05) is 6.07 Å². The fourth-order valence-electron chi connectivity index (χ4n) is 2.98. The van der Waals surface area contributed by atoms with Gasteiger partial charge in [0.1, 0.15) is 17.9 Å². The molecule has 1 atom stereocenters. The summed E-state index contributed by atoms with van der Waals surface area (Å²) < 4.78 is 80.1. The highest BCUT2D eigenvalue weighted by molar-refractivity contribution is 5.94. The molecule has 2 aromatic heterocycles. The first-order chi connectivity index (χ1) is 15.7. The van der Waals surface area contributed by atoms with Crippen molar-refractivity contribution in [2.75, 3.05) is 0 Å². The van der Waals surface area contributed by atoms with E-state index in [1.165, 1.54) is 36.9 Å². The summed E-state index contributed by atoms with van der Waals surface area (Å²) in [5, 5.41) is 13.5. The van der Waals surface area contributed by atoms with Gasteiger partial charge in [-0.25, -0.2) is 15.8 Å². The van der Waals surface area contributed by atoms with Gasteiger partial charge in [-0.2, -0.15) is 36.3 Å². The second-order valence-corrected chi connectivity index (χ2v) is 7.13. The normalized spacial score (nSPS) is 12.8. The zero-order valence-electron chi connectivity index (χ0n) is 17.5. The molecule has 0 fully saturated rings. The molecule has 0 aliphatic heterocycles. The molecule has 0 saturated carbocycles. The van der Waals surface area contributed by atoms with E-state index in [0.717, 1.165) is 0 Å². The third-order valence-electron chi connectivity index (χ3n) is 4.69. The lowest BCUT2D eigenvalue weighted by Gasteiger charge is -2.24. The van der Waals surface area contributed by atoms with E-state index >= 15 is 0 Å². The number of rotatable bonds is 4. The Morgan fingerprint density at radius 1 is 1.12 bits per heavy atom. The average Bonchev–Trinajstić information content (AvgIpc) is 3.17. The molecule has 178 valence electrons. The Morgan fingerprint density at radius 3 is 2.18 bits per heavy atom. The number of benzene rings is 1. The van der Waals surface area contributed by atoms with Crippen LogP contribution in [0.2, 0.25) is 0 Å². The molecule has 34 heavy (non-hydrogen) atoms. The predicted molar refractivity (Wildman–Crippen MR) is 104 cm³/mol. The molecule has 2 heterocycles. The number of pyridine rings is 1. The molecule has 14 heteroatoms. The van der Waals surface area contributed by atoms with Crippen LogP contribution in [0, 0.1) is 18.3 Å². The van der Waals surface area contributed by atoms with Crippen molar-refractivity contribution in [1.82, 2.24) is 24.8 Å². The molecule has 0 aliphatic rings. The summed E-state index contributed by atoms with van der Waals surface area (Å²) in [6.07, 6.45) is -8.99. The lowest BCUT2D eigenvalue weighted by Crippen LogP contribution is -2.40. The maximum atomic E-state index is 13.1. The van der Waals surface area contributed by atoms with Gasteiger partial charge in [0.05, 0.1) is 16.7 Å². The predicted octanol–water partition coefficient (Wildman–Crippen LogP) is 3.96. The van der Waals surface area contributed by atoms with Crippen LogP contribution in [-0.2, 0) is 12.4 Å². The number of nitrogens with two attached hydrogens (primary N) is 1. The fraction of sp³-hybridized carbons (Fsp3) is 0.250. The number of carbonyl (C=O) groups excluding carboxylic acids is 1. The third kappa shape index (κ3) is 4.99. The summed E-state index contributed by atoms with van der Waals surface area (Å²) >= 11 is 0. The number of halogens is 6. The first-order valence-electron chi connectivity index (χ1n) is 9.40. The molecular weight excluding hydrogens is 468 g/mol. The number of hydrogen-bond donors (Lipinski definition) is 1. The number of carbonyl (C=O) groups is 1. The van der Waals surface area contributed by atoms with Crippen LogP contribution >= 0.6 is 0 Å². The molecular formula is C20H15F6N7O. The highest BCUT2D eigenvalue weighted by Gasteiger charge is 2.38. The summed E-state index contributed by atoms with van der Waals surface area (Å²) in [6.45, 7) is 2.88. The van der Waals surface area contributed by atoms with E-state index in [4.69, 9.17) is 11.1 Å². The maximum absolute atomic E-state index is 13.1. The molecule has 3 aromatic rings. The number of aryl methyl sites for hydroxylation is 1. The number of aromatic nitrogens is 4. The SMILES string of the molecule is Cc1nc(C(C)N(N)C(=O)c2cc(C(F)(F)F)cc(C(F)(F)F)c2)n(-c2ccc(C#N)cn2)n1. The lowest BCUT2D eigenvalue weighted by atomic mass is 10.0. The van der Waals surface area contributed by atoms with Gasteiger partial charge in [-0.1, -0.05) is 0 Å². The highest BCUT2D eigenvalue weighted by Crippen LogP contribution is 2.36. The molecule has 1 amide bonds. The van der Waals surface area contributed by atoms with Crippen molar-refractivity contribution in [2.45, 2.75) is 32.2 Å². The largest absolute Gasteiger partial charge is 0.416 e. The van der Waals surface area contributed by atoms with Crippen LogP contribution in [0.25, 0.3) is 5.82 Å². The van der Waals surface area contributed by atoms with Crippen molar-refractivity contribution >= 4 is 5.91 Å². The number of nitrogens with zero attached hydrogens (tertiary/aromatic N) is 6. The molecule has 0 aliphatic carbocycles. The first-order valence-corrected chi connectivity index (χ1v) is 9.40. The Balaban J connectivity index is 2.01. The van der Waals surface area contributed by atoms with E-state index < -0.39 is 41.0 Å².